The molecule has 4 rings (SSSR count). The number of nitrogens with zero attached hydrogens (tertiary/aromatic N) is 2. The Morgan fingerprint density at radius 2 is 1.50 bits per heavy atom. The highest BCUT2D eigenvalue weighted by Crippen LogP contribution is 2.39. The van der Waals surface area contributed by atoms with Crippen LogP contribution in [0.1, 0.15) is 16.7 Å². The number of hydrogen-bond acceptors (Lipinski definition) is 3. The van der Waals surface area contributed by atoms with Crippen molar-refractivity contribution in [2.75, 3.05) is 9.21 Å². The summed E-state index contributed by atoms with van der Waals surface area (Å²) in [5, 5.41) is 0. The number of aryl methyl sites for hydroxylation is 2. The van der Waals surface area contributed by atoms with E-state index in [1.165, 1.54) is 4.90 Å². The highest BCUT2D eigenvalue weighted by Gasteiger charge is 2.42. The van der Waals surface area contributed by atoms with E-state index in [9.17, 15) is 13.2 Å². The average Bonchev–Trinajstić information content (AvgIpc) is 2.68. The van der Waals surface area contributed by atoms with Crippen LogP contribution >= 0.6 is 0 Å². The minimum Gasteiger partial charge on any atom is -0.287 e. The lowest BCUT2D eigenvalue weighted by atomic mass is 10.1. The minimum absolute atomic E-state index is 0.130. The third-order valence-electron chi connectivity index (χ3n) is 4.83. The molecule has 0 N–H and O–H groups in total. The number of fused-ring (bicyclic) bond motifs is 1. The molecule has 5 nitrogen and oxygen atoms in total. The molecule has 0 unspecified atom stereocenters. The Morgan fingerprint density at radius 3 is 2.21 bits per heavy atom. The maximum absolute atomic E-state index is 13.4. The van der Waals surface area contributed by atoms with Crippen molar-refractivity contribution >= 4 is 27.4 Å². The number of benzene rings is 3. The monoisotopic (exact) mass is 392 g/mol. The molecular formula is C22H20N2O3S. The van der Waals surface area contributed by atoms with Gasteiger partial charge in [0.1, 0.15) is 4.90 Å². The van der Waals surface area contributed by atoms with Crippen LogP contribution in [0.25, 0.3) is 0 Å². The van der Waals surface area contributed by atoms with E-state index in [-0.39, 0.29) is 11.4 Å². The number of carbonyl (C=O) groups is 1. The van der Waals surface area contributed by atoms with E-state index in [1.54, 1.807) is 30.3 Å². The predicted octanol–water partition coefficient (Wildman–Crippen LogP) is 4.64. The van der Waals surface area contributed by atoms with Crippen LogP contribution in [-0.4, -0.2) is 14.4 Å². The molecule has 1 heterocycles. The maximum Gasteiger partial charge on any atom is 0.343 e. The number of urea groups is 1. The summed E-state index contributed by atoms with van der Waals surface area (Å²) < 4.78 is 27.6. The van der Waals surface area contributed by atoms with Crippen molar-refractivity contribution in [3.63, 3.8) is 0 Å². The molecule has 0 spiro atoms. The zero-order valence-electron chi connectivity index (χ0n) is 15.7. The molecule has 3 aromatic rings. The Kier molecular flexibility index (Phi) is 4.43. The zero-order chi connectivity index (χ0) is 19.9. The van der Waals surface area contributed by atoms with E-state index in [2.05, 4.69) is 0 Å². The number of rotatable bonds is 3. The molecule has 0 atom stereocenters. The van der Waals surface area contributed by atoms with E-state index in [4.69, 9.17) is 0 Å². The van der Waals surface area contributed by atoms with Crippen LogP contribution in [0.5, 0.6) is 0 Å². The summed E-state index contributed by atoms with van der Waals surface area (Å²) in [4.78, 5) is 15.1. The molecule has 0 radical (unpaired) electrons. The molecule has 28 heavy (non-hydrogen) atoms. The van der Waals surface area contributed by atoms with Crippen molar-refractivity contribution in [3.8, 4) is 0 Å². The van der Waals surface area contributed by atoms with Crippen molar-refractivity contribution in [1.29, 1.82) is 0 Å². The standard InChI is InChI=1S/C22H20N2O3S/c1-16-12-13-19(17(2)14-16)24-22(25)23(15-18-8-4-3-5-9-18)20-10-6-7-11-21(20)28(24,26)27/h3-14H,15H2,1-2H3. The molecule has 0 bridgehead atoms. The molecule has 0 aromatic heterocycles. The zero-order valence-corrected chi connectivity index (χ0v) is 16.5. The fourth-order valence-electron chi connectivity index (χ4n) is 3.50. The molecule has 0 saturated carbocycles. The van der Waals surface area contributed by atoms with Gasteiger partial charge < -0.3 is 0 Å². The van der Waals surface area contributed by atoms with Gasteiger partial charge in [-0.2, -0.15) is 4.31 Å². The summed E-state index contributed by atoms with van der Waals surface area (Å²) >= 11 is 0. The first kappa shape index (κ1) is 18.3. The van der Waals surface area contributed by atoms with Crippen LogP contribution in [0, 0.1) is 13.8 Å². The molecule has 142 valence electrons. The van der Waals surface area contributed by atoms with Crippen molar-refractivity contribution < 1.29 is 13.2 Å². The van der Waals surface area contributed by atoms with Crippen LogP contribution in [-0.2, 0) is 16.6 Å². The Hall–Kier alpha value is -3.12. The van der Waals surface area contributed by atoms with Gasteiger partial charge in [0.2, 0.25) is 0 Å². The topological polar surface area (TPSA) is 57.7 Å². The lowest BCUT2D eigenvalue weighted by Gasteiger charge is -2.36. The first-order valence-electron chi connectivity index (χ1n) is 8.96. The summed E-state index contributed by atoms with van der Waals surface area (Å²) in [5.74, 6) is 0. The number of amides is 2. The van der Waals surface area contributed by atoms with Gasteiger partial charge in [0.15, 0.2) is 0 Å². The Balaban J connectivity index is 1.90. The molecule has 3 aromatic carbocycles. The Bertz CT molecular complexity index is 1160. The molecule has 1 aliphatic rings. The van der Waals surface area contributed by atoms with E-state index < -0.39 is 16.1 Å². The molecule has 1 aliphatic heterocycles. The smallest absolute Gasteiger partial charge is 0.287 e. The molecule has 0 fully saturated rings. The molecule has 2 amide bonds. The molecular weight excluding hydrogens is 372 g/mol. The van der Waals surface area contributed by atoms with E-state index in [0.717, 1.165) is 21.0 Å². The van der Waals surface area contributed by atoms with Crippen LogP contribution in [0.15, 0.2) is 77.7 Å². The second-order valence-electron chi connectivity index (χ2n) is 6.88. The SMILES string of the molecule is Cc1ccc(N2C(=O)N(Cc3ccccc3)c3ccccc3S2(=O)=O)c(C)c1. The van der Waals surface area contributed by atoms with Crippen molar-refractivity contribution in [2.24, 2.45) is 0 Å². The first-order chi connectivity index (χ1) is 13.4. The highest BCUT2D eigenvalue weighted by atomic mass is 32.2. The van der Waals surface area contributed by atoms with Crippen LogP contribution in [0.3, 0.4) is 0 Å². The van der Waals surface area contributed by atoms with Gasteiger partial charge in [-0.05, 0) is 43.2 Å². The lowest BCUT2D eigenvalue weighted by molar-refractivity contribution is 0.253. The van der Waals surface area contributed by atoms with E-state index in [0.29, 0.717) is 11.4 Å². The maximum atomic E-state index is 13.4. The first-order valence-corrected chi connectivity index (χ1v) is 10.4. The third-order valence-corrected chi connectivity index (χ3v) is 6.57. The van der Waals surface area contributed by atoms with Crippen LogP contribution in [0.4, 0.5) is 16.2 Å². The summed E-state index contributed by atoms with van der Waals surface area (Å²) in [5.41, 5.74) is 3.44. The Morgan fingerprint density at radius 1 is 0.821 bits per heavy atom. The second-order valence-corrected chi connectivity index (χ2v) is 8.64. The third kappa shape index (κ3) is 2.96. The van der Waals surface area contributed by atoms with Gasteiger partial charge in [-0.3, -0.25) is 4.90 Å². The summed E-state index contributed by atoms with van der Waals surface area (Å²) in [6.07, 6.45) is 0. The number of para-hydroxylation sites is 1. The van der Waals surface area contributed by atoms with Gasteiger partial charge in [-0.25, -0.2) is 13.2 Å². The van der Waals surface area contributed by atoms with Gasteiger partial charge in [0.05, 0.1) is 17.9 Å². The Labute approximate surface area is 164 Å². The number of hydrogen-bond donors (Lipinski definition) is 0. The van der Waals surface area contributed by atoms with Gasteiger partial charge in [-0.1, -0.05) is 60.2 Å². The lowest BCUT2D eigenvalue weighted by Crippen LogP contribution is -2.51. The highest BCUT2D eigenvalue weighted by molar-refractivity contribution is 7.94. The van der Waals surface area contributed by atoms with Crippen molar-refractivity contribution in [1.82, 2.24) is 0 Å². The number of carbonyl (C=O) groups excluding carboxylic acids is 1. The van der Waals surface area contributed by atoms with E-state index in [1.807, 2.05) is 56.3 Å². The van der Waals surface area contributed by atoms with Gasteiger partial charge >= 0.3 is 6.03 Å². The van der Waals surface area contributed by atoms with Crippen molar-refractivity contribution in [2.45, 2.75) is 25.3 Å². The van der Waals surface area contributed by atoms with Gasteiger partial charge in [0.25, 0.3) is 10.0 Å². The fourth-order valence-corrected chi connectivity index (χ4v) is 5.15. The van der Waals surface area contributed by atoms with Crippen LogP contribution in [0.2, 0.25) is 0 Å². The quantitative estimate of drug-likeness (QED) is 0.652. The largest absolute Gasteiger partial charge is 0.343 e. The summed E-state index contributed by atoms with van der Waals surface area (Å²) in [6.45, 7) is 4.03. The fraction of sp³-hybridized carbons (Fsp3) is 0.136. The van der Waals surface area contributed by atoms with E-state index >= 15 is 0 Å². The predicted molar refractivity (Wildman–Crippen MR) is 110 cm³/mol. The average molecular weight is 392 g/mol. The molecule has 6 heteroatoms. The molecule has 0 saturated heterocycles. The van der Waals surface area contributed by atoms with Gasteiger partial charge in [0, 0.05) is 0 Å². The second kappa shape index (κ2) is 6.80. The number of anilines is 2. The summed E-state index contributed by atoms with van der Waals surface area (Å²) in [6, 6.07) is 21.0. The van der Waals surface area contributed by atoms with Crippen molar-refractivity contribution in [3.05, 3.63) is 89.5 Å². The normalized spacial score (nSPS) is 15.4. The minimum atomic E-state index is -4.00. The van der Waals surface area contributed by atoms with Gasteiger partial charge in [-0.15, -0.1) is 0 Å². The molecule has 0 aliphatic carbocycles. The van der Waals surface area contributed by atoms with Crippen LogP contribution < -0.4 is 9.21 Å². The number of sulfonamides is 1. The summed E-state index contributed by atoms with van der Waals surface area (Å²) in [7, 11) is -4.00.